The number of nitrogens with one attached hydrogen (secondary N) is 1. The number of phenols is 1. The van der Waals surface area contributed by atoms with Crippen LogP contribution in [0, 0.1) is 20.8 Å². The average Bonchev–Trinajstić information content (AvgIpc) is 2.35. The maximum atomic E-state index is 12.3. The first-order valence-electron chi connectivity index (χ1n) is 6.19. The van der Waals surface area contributed by atoms with Gasteiger partial charge in [0.25, 0.3) is 10.0 Å². The molecule has 0 fully saturated rings. The number of hydrogen-bond acceptors (Lipinski definition) is 3. The summed E-state index contributed by atoms with van der Waals surface area (Å²) < 4.78 is 27.0. The Morgan fingerprint density at radius 1 is 1.00 bits per heavy atom. The van der Waals surface area contributed by atoms with Gasteiger partial charge in [0, 0.05) is 0 Å². The van der Waals surface area contributed by atoms with Crippen molar-refractivity contribution in [2.45, 2.75) is 25.7 Å². The Bertz CT molecular complexity index is 752. The molecule has 2 aromatic rings. The van der Waals surface area contributed by atoms with Gasteiger partial charge in [-0.2, -0.15) is 0 Å². The molecule has 2 N–H and O–H groups in total. The normalized spacial score (nSPS) is 11.3. The molecule has 2 rings (SSSR count). The molecule has 0 spiro atoms. The van der Waals surface area contributed by atoms with Gasteiger partial charge in [-0.1, -0.05) is 18.2 Å². The van der Waals surface area contributed by atoms with E-state index in [1.54, 1.807) is 31.2 Å². The molecule has 0 heterocycles. The highest BCUT2D eigenvalue weighted by molar-refractivity contribution is 7.92. The number of aryl methyl sites for hydroxylation is 3. The number of hydrogen-bond donors (Lipinski definition) is 2. The molecule has 0 saturated heterocycles. The summed E-state index contributed by atoms with van der Waals surface area (Å²) in [6.45, 7) is 5.40. The second-order valence-corrected chi connectivity index (χ2v) is 6.58. The summed E-state index contributed by atoms with van der Waals surface area (Å²) in [5.74, 6) is -0.0492. The van der Waals surface area contributed by atoms with Crippen LogP contribution in [-0.2, 0) is 10.0 Å². The highest BCUT2D eigenvalue weighted by Gasteiger charge is 2.17. The molecule has 4 nitrogen and oxygen atoms in total. The molecular weight excluding hydrogens is 274 g/mol. The molecule has 0 saturated carbocycles. The summed E-state index contributed by atoms with van der Waals surface area (Å²) in [5, 5.41) is 9.96. The highest BCUT2D eigenvalue weighted by atomic mass is 32.2. The fourth-order valence-corrected chi connectivity index (χ4v) is 3.19. The summed E-state index contributed by atoms with van der Waals surface area (Å²) in [7, 11) is -3.70. The van der Waals surface area contributed by atoms with Crippen LogP contribution in [-0.4, -0.2) is 13.5 Å². The molecule has 2 aromatic carbocycles. The van der Waals surface area contributed by atoms with E-state index in [4.69, 9.17) is 0 Å². The molecule has 0 amide bonds. The molecule has 0 atom stereocenters. The second-order valence-electron chi connectivity index (χ2n) is 4.90. The van der Waals surface area contributed by atoms with Gasteiger partial charge in [0.1, 0.15) is 5.75 Å². The van der Waals surface area contributed by atoms with Crippen LogP contribution in [0.1, 0.15) is 16.7 Å². The Morgan fingerprint density at radius 3 is 2.35 bits per heavy atom. The number of sulfonamides is 1. The van der Waals surface area contributed by atoms with Gasteiger partial charge in [-0.05, 0) is 55.7 Å². The molecule has 0 bridgehead atoms. The van der Waals surface area contributed by atoms with Gasteiger partial charge in [0.15, 0.2) is 0 Å². The van der Waals surface area contributed by atoms with Crippen molar-refractivity contribution in [2.24, 2.45) is 0 Å². The Balaban J connectivity index is 2.44. The molecule has 0 unspecified atom stereocenters. The lowest BCUT2D eigenvalue weighted by Crippen LogP contribution is -2.13. The van der Waals surface area contributed by atoms with E-state index < -0.39 is 10.0 Å². The molecule has 20 heavy (non-hydrogen) atoms. The van der Waals surface area contributed by atoms with Crippen molar-refractivity contribution in [3.63, 3.8) is 0 Å². The van der Waals surface area contributed by atoms with E-state index in [2.05, 4.69) is 4.72 Å². The predicted molar refractivity (Wildman–Crippen MR) is 79.6 cm³/mol. The zero-order valence-corrected chi connectivity index (χ0v) is 12.5. The first-order valence-corrected chi connectivity index (χ1v) is 7.67. The van der Waals surface area contributed by atoms with Crippen molar-refractivity contribution in [1.29, 1.82) is 0 Å². The summed E-state index contributed by atoms with van der Waals surface area (Å²) in [4.78, 5) is 0.177. The SMILES string of the molecule is Cc1cccc(S(=O)(=O)Nc2cc(C)cc(C)c2O)c1. The van der Waals surface area contributed by atoms with E-state index in [-0.39, 0.29) is 16.3 Å². The third-order valence-corrected chi connectivity index (χ3v) is 4.35. The lowest BCUT2D eigenvalue weighted by atomic mass is 10.1. The lowest BCUT2D eigenvalue weighted by molar-refractivity contribution is 0.473. The van der Waals surface area contributed by atoms with Crippen LogP contribution >= 0.6 is 0 Å². The minimum Gasteiger partial charge on any atom is -0.505 e. The van der Waals surface area contributed by atoms with E-state index in [0.717, 1.165) is 11.1 Å². The lowest BCUT2D eigenvalue weighted by Gasteiger charge is -2.12. The molecule has 0 radical (unpaired) electrons. The van der Waals surface area contributed by atoms with Crippen molar-refractivity contribution < 1.29 is 13.5 Å². The second kappa shape index (κ2) is 5.17. The standard InChI is InChI=1S/C15H17NO3S/c1-10-5-4-6-13(8-10)20(18,19)16-14-9-11(2)7-12(3)15(14)17/h4-9,16-17H,1-3H3. The Kier molecular flexibility index (Phi) is 3.72. The number of anilines is 1. The minimum absolute atomic E-state index is 0.0492. The quantitative estimate of drug-likeness (QED) is 0.854. The molecule has 0 aliphatic carbocycles. The Morgan fingerprint density at radius 2 is 1.70 bits per heavy atom. The molecule has 0 aliphatic rings. The Labute approximate surface area is 119 Å². The minimum atomic E-state index is -3.70. The molecular formula is C15H17NO3S. The van der Waals surface area contributed by atoms with E-state index in [1.165, 1.54) is 6.07 Å². The predicted octanol–water partition coefficient (Wildman–Crippen LogP) is 3.12. The van der Waals surface area contributed by atoms with Crippen LogP contribution in [0.15, 0.2) is 41.3 Å². The third-order valence-electron chi connectivity index (χ3n) is 2.99. The van der Waals surface area contributed by atoms with Gasteiger partial charge in [-0.3, -0.25) is 4.72 Å². The van der Waals surface area contributed by atoms with Crippen molar-refractivity contribution in [3.05, 3.63) is 53.1 Å². The van der Waals surface area contributed by atoms with Crippen molar-refractivity contribution in [1.82, 2.24) is 0 Å². The number of benzene rings is 2. The van der Waals surface area contributed by atoms with Crippen LogP contribution < -0.4 is 4.72 Å². The molecule has 0 aliphatic heterocycles. The fraction of sp³-hybridized carbons (Fsp3) is 0.200. The van der Waals surface area contributed by atoms with Crippen molar-refractivity contribution in [2.75, 3.05) is 4.72 Å². The number of phenolic OH excluding ortho intramolecular Hbond substituents is 1. The van der Waals surface area contributed by atoms with Crippen molar-refractivity contribution >= 4 is 15.7 Å². The molecule has 0 aromatic heterocycles. The first-order chi connectivity index (χ1) is 9.29. The van der Waals surface area contributed by atoms with Gasteiger partial charge < -0.3 is 5.11 Å². The van der Waals surface area contributed by atoms with E-state index in [1.807, 2.05) is 19.9 Å². The van der Waals surface area contributed by atoms with Gasteiger partial charge in [0.2, 0.25) is 0 Å². The monoisotopic (exact) mass is 291 g/mol. The topological polar surface area (TPSA) is 66.4 Å². The van der Waals surface area contributed by atoms with Gasteiger partial charge >= 0.3 is 0 Å². The fourth-order valence-electron chi connectivity index (χ4n) is 2.02. The summed E-state index contributed by atoms with van der Waals surface area (Å²) >= 11 is 0. The summed E-state index contributed by atoms with van der Waals surface area (Å²) in [6, 6.07) is 10.0. The van der Waals surface area contributed by atoms with E-state index in [9.17, 15) is 13.5 Å². The average molecular weight is 291 g/mol. The Hall–Kier alpha value is -2.01. The zero-order valence-electron chi connectivity index (χ0n) is 11.6. The van der Waals surface area contributed by atoms with Crippen LogP contribution in [0.4, 0.5) is 5.69 Å². The molecule has 5 heteroatoms. The number of rotatable bonds is 3. The largest absolute Gasteiger partial charge is 0.505 e. The first kappa shape index (κ1) is 14.4. The van der Waals surface area contributed by atoms with Crippen LogP contribution in [0.2, 0.25) is 0 Å². The van der Waals surface area contributed by atoms with Crippen LogP contribution in [0.5, 0.6) is 5.75 Å². The maximum Gasteiger partial charge on any atom is 0.262 e. The molecule has 106 valence electrons. The van der Waals surface area contributed by atoms with Gasteiger partial charge in [-0.25, -0.2) is 8.42 Å². The maximum absolute atomic E-state index is 12.3. The number of aromatic hydroxyl groups is 1. The van der Waals surface area contributed by atoms with Gasteiger partial charge in [0.05, 0.1) is 10.6 Å². The van der Waals surface area contributed by atoms with Crippen LogP contribution in [0.3, 0.4) is 0 Å². The summed E-state index contributed by atoms with van der Waals surface area (Å²) in [5.41, 5.74) is 2.57. The summed E-state index contributed by atoms with van der Waals surface area (Å²) in [6.07, 6.45) is 0. The third kappa shape index (κ3) is 2.93. The van der Waals surface area contributed by atoms with E-state index >= 15 is 0 Å². The van der Waals surface area contributed by atoms with E-state index in [0.29, 0.717) is 5.56 Å². The van der Waals surface area contributed by atoms with Crippen LogP contribution in [0.25, 0.3) is 0 Å². The van der Waals surface area contributed by atoms with Gasteiger partial charge in [-0.15, -0.1) is 0 Å². The zero-order chi connectivity index (χ0) is 14.9. The highest BCUT2D eigenvalue weighted by Crippen LogP contribution is 2.30. The van der Waals surface area contributed by atoms with Crippen molar-refractivity contribution in [3.8, 4) is 5.75 Å². The smallest absolute Gasteiger partial charge is 0.262 e.